The van der Waals surface area contributed by atoms with Crippen LogP contribution in [0, 0.1) is 6.92 Å². The lowest BCUT2D eigenvalue weighted by Gasteiger charge is -2.28. The number of aryl methyl sites for hydroxylation is 1. The molecule has 0 aliphatic carbocycles. The zero-order valence-electron chi connectivity index (χ0n) is 14.5. The number of hydrogen-bond donors (Lipinski definition) is 0. The van der Waals surface area contributed by atoms with Crippen molar-refractivity contribution in [3.63, 3.8) is 0 Å². The Morgan fingerprint density at radius 2 is 2.08 bits per heavy atom. The highest BCUT2D eigenvalue weighted by atomic mass is 32.2. The Hall–Kier alpha value is -1.79. The molecule has 0 bridgehead atoms. The molecule has 1 aromatic heterocycles. The summed E-state index contributed by atoms with van der Waals surface area (Å²) < 4.78 is 0. The number of benzene rings is 1. The smallest absolute Gasteiger partial charge is 0.263 e. The van der Waals surface area contributed by atoms with E-state index in [0.29, 0.717) is 25.4 Å². The molecular weight excluding hydrogens is 352 g/mol. The van der Waals surface area contributed by atoms with E-state index in [1.54, 1.807) is 11.8 Å². The van der Waals surface area contributed by atoms with Gasteiger partial charge in [0, 0.05) is 19.6 Å². The first-order valence-corrected chi connectivity index (χ1v) is 10.3. The maximum Gasteiger partial charge on any atom is 0.263 e. The molecule has 0 unspecified atom stereocenters. The lowest BCUT2D eigenvalue weighted by molar-refractivity contribution is -0.128. The molecule has 0 saturated carbocycles. The van der Waals surface area contributed by atoms with Crippen molar-refractivity contribution in [3.05, 3.63) is 57.8 Å². The first-order chi connectivity index (χ1) is 12.1. The topological polar surface area (TPSA) is 40.6 Å². The number of carbonyl (C=O) groups excluding carboxylic acids is 2. The third-order valence-electron chi connectivity index (χ3n) is 4.43. The molecule has 0 radical (unpaired) electrons. The van der Waals surface area contributed by atoms with Gasteiger partial charge in [0.25, 0.3) is 5.91 Å². The molecular formula is C19H22N2O2S2. The summed E-state index contributed by atoms with van der Waals surface area (Å²) in [4.78, 5) is 29.4. The fraction of sp³-hybridized carbons (Fsp3) is 0.368. The molecule has 2 aromatic rings. The highest BCUT2D eigenvalue weighted by Gasteiger charge is 2.33. The van der Waals surface area contributed by atoms with Crippen LogP contribution in [-0.4, -0.2) is 47.0 Å². The number of carbonyl (C=O) groups is 2. The predicted octanol–water partition coefficient (Wildman–Crippen LogP) is 3.79. The van der Waals surface area contributed by atoms with Gasteiger partial charge in [-0.05, 0) is 36.4 Å². The van der Waals surface area contributed by atoms with Crippen LogP contribution in [0.4, 0.5) is 0 Å². The van der Waals surface area contributed by atoms with Gasteiger partial charge in [0.15, 0.2) is 0 Å². The van der Waals surface area contributed by atoms with Gasteiger partial charge in [-0.15, -0.1) is 23.1 Å². The summed E-state index contributed by atoms with van der Waals surface area (Å²) >= 11 is 3.12. The fourth-order valence-corrected chi connectivity index (χ4v) is 5.01. The Bertz CT molecular complexity index is 746. The summed E-state index contributed by atoms with van der Waals surface area (Å²) in [6.45, 7) is 5.82. The maximum atomic E-state index is 12.6. The van der Waals surface area contributed by atoms with Crippen LogP contribution < -0.4 is 0 Å². The van der Waals surface area contributed by atoms with Gasteiger partial charge in [-0.25, -0.2) is 0 Å². The van der Waals surface area contributed by atoms with E-state index in [-0.39, 0.29) is 17.2 Å². The Balaban J connectivity index is 1.70. The molecule has 25 heavy (non-hydrogen) atoms. The van der Waals surface area contributed by atoms with Crippen LogP contribution in [0.3, 0.4) is 0 Å². The second-order valence-electron chi connectivity index (χ2n) is 5.97. The third kappa shape index (κ3) is 3.90. The Kier molecular flexibility index (Phi) is 5.81. The van der Waals surface area contributed by atoms with Crippen molar-refractivity contribution in [2.75, 3.05) is 25.4 Å². The molecule has 3 rings (SSSR count). The van der Waals surface area contributed by atoms with Crippen molar-refractivity contribution in [2.45, 2.75) is 19.2 Å². The van der Waals surface area contributed by atoms with Crippen LogP contribution in [-0.2, 0) is 4.79 Å². The van der Waals surface area contributed by atoms with Crippen molar-refractivity contribution in [2.24, 2.45) is 0 Å². The van der Waals surface area contributed by atoms with Crippen molar-refractivity contribution in [1.29, 1.82) is 0 Å². The maximum absolute atomic E-state index is 12.6. The van der Waals surface area contributed by atoms with Gasteiger partial charge in [-0.2, -0.15) is 0 Å². The Morgan fingerprint density at radius 3 is 2.76 bits per heavy atom. The molecule has 1 fully saturated rings. The van der Waals surface area contributed by atoms with Crippen LogP contribution in [0.15, 0.2) is 41.8 Å². The molecule has 6 heteroatoms. The first kappa shape index (κ1) is 18.0. The minimum Gasteiger partial charge on any atom is -0.336 e. The van der Waals surface area contributed by atoms with Gasteiger partial charge in [-0.1, -0.05) is 30.3 Å². The van der Waals surface area contributed by atoms with Crippen molar-refractivity contribution in [3.8, 4) is 0 Å². The lowest BCUT2D eigenvalue weighted by Crippen LogP contribution is -2.40. The Morgan fingerprint density at radius 1 is 1.28 bits per heavy atom. The number of thioether (sulfide) groups is 1. The average Bonchev–Trinajstić information content (AvgIpc) is 3.26. The SMILES string of the molecule is CCN(CCN1C(=O)CS[C@H]1c1ccccc1C)C(=O)c1cccs1. The zero-order chi connectivity index (χ0) is 17.8. The average molecular weight is 375 g/mol. The normalized spacial score (nSPS) is 17.1. The van der Waals surface area contributed by atoms with Crippen LogP contribution >= 0.6 is 23.1 Å². The van der Waals surface area contributed by atoms with Gasteiger partial charge < -0.3 is 9.80 Å². The molecule has 1 aromatic carbocycles. The molecule has 1 atom stereocenters. The monoisotopic (exact) mass is 374 g/mol. The van der Waals surface area contributed by atoms with E-state index >= 15 is 0 Å². The van der Waals surface area contributed by atoms with Gasteiger partial charge in [0.05, 0.1) is 10.6 Å². The molecule has 1 aliphatic rings. The highest BCUT2D eigenvalue weighted by molar-refractivity contribution is 8.00. The van der Waals surface area contributed by atoms with Crippen molar-refractivity contribution >= 4 is 34.9 Å². The largest absolute Gasteiger partial charge is 0.336 e. The minimum absolute atomic E-state index is 0.0456. The quantitative estimate of drug-likeness (QED) is 0.772. The summed E-state index contributed by atoms with van der Waals surface area (Å²) in [5, 5.41) is 1.96. The van der Waals surface area contributed by atoms with Crippen LogP contribution in [0.2, 0.25) is 0 Å². The van der Waals surface area contributed by atoms with Gasteiger partial charge >= 0.3 is 0 Å². The van der Waals surface area contributed by atoms with E-state index < -0.39 is 0 Å². The van der Waals surface area contributed by atoms with E-state index in [9.17, 15) is 9.59 Å². The van der Waals surface area contributed by atoms with Crippen molar-refractivity contribution < 1.29 is 9.59 Å². The standard InChI is InChI=1S/C19H22N2O2S2/c1-3-20(18(23)16-9-6-12-24-16)10-11-21-17(22)13-25-19(21)15-8-5-4-7-14(15)2/h4-9,12,19H,3,10-11,13H2,1-2H3/t19-/m0/s1. The highest BCUT2D eigenvalue weighted by Crippen LogP contribution is 2.39. The van der Waals surface area contributed by atoms with E-state index in [4.69, 9.17) is 0 Å². The predicted molar refractivity (Wildman–Crippen MR) is 104 cm³/mol. The summed E-state index contributed by atoms with van der Waals surface area (Å²) in [6, 6.07) is 11.9. The van der Waals surface area contributed by atoms with Crippen molar-refractivity contribution in [1.82, 2.24) is 9.80 Å². The number of hydrogen-bond acceptors (Lipinski definition) is 4. The molecule has 1 aliphatic heterocycles. The number of nitrogens with zero attached hydrogens (tertiary/aromatic N) is 2. The van der Waals surface area contributed by atoms with E-state index in [1.165, 1.54) is 22.5 Å². The number of thiophene rings is 1. The zero-order valence-corrected chi connectivity index (χ0v) is 16.1. The molecule has 0 spiro atoms. The van der Waals surface area contributed by atoms with Gasteiger partial charge in [-0.3, -0.25) is 9.59 Å². The summed E-state index contributed by atoms with van der Waals surface area (Å²) in [7, 11) is 0. The molecule has 0 N–H and O–H groups in total. The second kappa shape index (κ2) is 8.06. The first-order valence-electron chi connectivity index (χ1n) is 8.41. The van der Waals surface area contributed by atoms with Gasteiger partial charge in [0.2, 0.25) is 5.91 Å². The molecule has 132 valence electrons. The molecule has 2 heterocycles. The Labute approximate surface area is 156 Å². The lowest BCUT2D eigenvalue weighted by atomic mass is 10.1. The number of rotatable bonds is 6. The van der Waals surface area contributed by atoms with Gasteiger partial charge in [0.1, 0.15) is 5.37 Å². The second-order valence-corrected chi connectivity index (χ2v) is 7.99. The number of likely N-dealkylation sites (N-methyl/N-ethyl adjacent to an activating group) is 1. The van der Waals surface area contributed by atoms with E-state index in [0.717, 1.165) is 4.88 Å². The minimum atomic E-state index is 0.0456. The summed E-state index contributed by atoms with van der Waals surface area (Å²) in [6.07, 6.45) is 0. The molecule has 2 amide bonds. The summed E-state index contributed by atoms with van der Waals surface area (Å²) in [5.41, 5.74) is 2.38. The summed E-state index contributed by atoms with van der Waals surface area (Å²) in [5.74, 6) is 0.700. The van der Waals surface area contributed by atoms with Crippen LogP contribution in [0.5, 0.6) is 0 Å². The number of amides is 2. The van der Waals surface area contributed by atoms with Crippen LogP contribution in [0.1, 0.15) is 33.1 Å². The molecule has 4 nitrogen and oxygen atoms in total. The fourth-order valence-electron chi connectivity index (χ4n) is 3.01. The van der Waals surface area contributed by atoms with Crippen LogP contribution in [0.25, 0.3) is 0 Å². The van der Waals surface area contributed by atoms with E-state index in [2.05, 4.69) is 19.1 Å². The molecule has 1 saturated heterocycles. The van der Waals surface area contributed by atoms with E-state index in [1.807, 2.05) is 46.4 Å². The third-order valence-corrected chi connectivity index (χ3v) is 6.53.